The third kappa shape index (κ3) is 4.95. The summed E-state index contributed by atoms with van der Waals surface area (Å²) in [5.41, 5.74) is 3.14. The van der Waals surface area contributed by atoms with Crippen molar-refractivity contribution in [3.05, 3.63) is 29.3 Å². The minimum absolute atomic E-state index is 0.0858. The highest BCUT2D eigenvalue weighted by Gasteiger charge is 2.24. The highest BCUT2D eigenvalue weighted by Crippen LogP contribution is 2.31. The van der Waals surface area contributed by atoms with Gasteiger partial charge >= 0.3 is 0 Å². The molecule has 4 heteroatoms. The van der Waals surface area contributed by atoms with Gasteiger partial charge in [-0.2, -0.15) is 0 Å². The third-order valence-corrected chi connectivity index (χ3v) is 7.10. The molecule has 28 heavy (non-hydrogen) atoms. The van der Waals surface area contributed by atoms with Gasteiger partial charge in [-0.25, -0.2) is 0 Å². The van der Waals surface area contributed by atoms with Gasteiger partial charge in [0.2, 0.25) is 11.8 Å². The van der Waals surface area contributed by atoms with E-state index in [1.54, 1.807) is 0 Å². The number of rotatable bonds is 5. The van der Waals surface area contributed by atoms with E-state index in [0.29, 0.717) is 12.8 Å². The predicted octanol–water partition coefficient (Wildman–Crippen LogP) is 4.71. The van der Waals surface area contributed by atoms with E-state index in [2.05, 4.69) is 16.3 Å². The molecule has 2 amide bonds. The van der Waals surface area contributed by atoms with Gasteiger partial charge in [0.1, 0.15) is 0 Å². The summed E-state index contributed by atoms with van der Waals surface area (Å²) in [6.45, 7) is 1.85. The Morgan fingerprint density at radius 3 is 2.43 bits per heavy atom. The fourth-order valence-electron chi connectivity index (χ4n) is 5.25. The van der Waals surface area contributed by atoms with E-state index in [1.165, 1.54) is 57.8 Å². The van der Waals surface area contributed by atoms with Crippen molar-refractivity contribution in [2.24, 2.45) is 11.8 Å². The Kier molecular flexibility index (Phi) is 6.33. The third-order valence-electron chi connectivity index (χ3n) is 7.10. The highest BCUT2D eigenvalue weighted by atomic mass is 16.2. The van der Waals surface area contributed by atoms with Crippen molar-refractivity contribution < 1.29 is 9.59 Å². The number of carbonyl (C=O) groups excluding carboxylic acids is 2. The van der Waals surface area contributed by atoms with Crippen LogP contribution >= 0.6 is 0 Å². The summed E-state index contributed by atoms with van der Waals surface area (Å²) in [5.74, 6) is 2.13. The van der Waals surface area contributed by atoms with Crippen LogP contribution in [0.25, 0.3) is 0 Å². The van der Waals surface area contributed by atoms with Crippen LogP contribution in [0.4, 0.5) is 5.69 Å². The first kappa shape index (κ1) is 19.5. The van der Waals surface area contributed by atoms with Gasteiger partial charge < -0.3 is 10.2 Å². The number of hydrogen-bond donors (Lipinski definition) is 1. The van der Waals surface area contributed by atoms with E-state index in [4.69, 9.17) is 0 Å². The van der Waals surface area contributed by atoms with Crippen LogP contribution in [0, 0.1) is 11.8 Å². The lowest BCUT2D eigenvalue weighted by Crippen LogP contribution is -2.39. The molecule has 0 unspecified atom stereocenters. The first-order chi connectivity index (χ1) is 13.7. The first-order valence-electron chi connectivity index (χ1n) is 11.4. The summed E-state index contributed by atoms with van der Waals surface area (Å²) in [7, 11) is 0. The van der Waals surface area contributed by atoms with Crippen LogP contribution in [0.1, 0.15) is 75.3 Å². The van der Waals surface area contributed by atoms with Gasteiger partial charge in [-0.3, -0.25) is 9.59 Å². The molecule has 1 aromatic rings. The van der Waals surface area contributed by atoms with Gasteiger partial charge in [0.15, 0.2) is 0 Å². The van der Waals surface area contributed by atoms with E-state index < -0.39 is 0 Å². The van der Waals surface area contributed by atoms with Crippen molar-refractivity contribution in [3.63, 3.8) is 0 Å². The average Bonchev–Trinajstić information content (AvgIpc) is 2.73. The van der Waals surface area contributed by atoms with Gasteiger partial charge in [-0.15, -0.1) is 0 Å². The van der Waals surface area contributed by atoms with Crippen molar-refractivity contribution >= 4 is 17.5 Å². The van der Waals surface area contributed by atoms with Crippen LogP contribution in [0.2, 0.25) is 0 Å². The van der Waals surface area contributed by atoms with E-state index in [-0.39, 0.29) is 11.8 Å². The molecule has 0 atom stereocenters. The number of fused-ring (bicyclic) bond motifs is 1. The van der Waals surface area contributed by atoms with Crippen LogP contribution in [0.15, 0.2) is 18.2 Å². The predicted molar refractivity (Wildman–Crippen MR) is 112 cm³/mol. The first-order valence-corrected chi connectivity index (χ1v) is 11.4. The molecule has 1 N–H and O–H groups in total. The molecule has 4 rings (SSSR count). The summed E-state index contributed by atoms with van der Waals surface area (Å²) in [6.07, 6.45) is 14.1. The number of carbonyl (C=O) groups is 2. The molecular weight excluding hydrogens is 348 g/mol. The second kappa shape index (κ2) is 9.11. The molecule has 0 aromatic heterocycles. The lowest BCUT2D eigenvalue weighted by molar-refractivity contribution is -0.131. The molecule has 2 fully saturated rings. The molecule has 3 aliphatic rings. The highest BCUT2D eigenvalue weighted by molar-refractivity contribution is 5.94. The maximum atomic E-state index is 12.8. The molecule has 0 radical (unpaired) electrons. The Labute approximate surface area is 169 Å². The number of nitrogens with zero attached hydrogens (tertiary/aromatic N) is 1. The molecule has 0 spiro atoms. The maximum absolute atomic E-state index is 12.8. The van der Waals surface area contributed by atoms with Gasteiger partial charge in [-0.05, 0) is 48.3 Å². The van der Waals surface area contributed by atoms with Gasteiger partial charge in [-0.1, -0.05) is 57.1 Å². The van der Waals surface area contributed by atoms with Gasteiger partial charge in [0.05, 0.1) is 6.42 Å². The molecule has 1 aromatic carbocycles. The number of benzene rings is 1. The minimum Gasteiger partial charge on any atom is -0.342 e. The zero-order valence-corrected chi connectivity index (χ0v) is 17.0. The average molecular weight is 383 g/mol. The molecule has 2 aliphatic heterocycles. The molecule has 0 bridgehead atoms. The smallest absolute Gasteiger partial charge is 0.226 e. The second-order valence-corrected chi connectivity index (χ2v) is 9.12. The molecule has 1 saturated heterocycles. The summed E-state index contributed by atoms with van der Waals surface area (Å²) in [4.78, 5) is 26.3. The van der Waals surface area contributed by atoms with Gasteiger partial charge in [0, 0.05) is 25.2 Å². The maximum Gasteiger partial charge on any atom is 0.226 e. The largest absolute Gasteiger partial charge is 0.342 e. The standard InChI is InChI=1S/C24H34N2O2/c27-23-11-9-21-16-20(8-10-22(21)25-23)17-24(28)26-14-12-19(13-15-26)7-6-18-4-2-1-3-5-18/h8,10,16,18-19H,1-7,9,11-15,17H2,(H,25,27). The van der Waals surface area contributed by atoms with Crippen molar-refractivity contribution in [2.75, 3.05) is 18.4 Å². The fourth-order valence-corrected chi connectivity index (χ4v) is 5.25. The minimum atomic E-state index is 0.0858. The van der Waals surface area contributed by atoms with Crippen LogP contribution in [0.5, 0.6) is 0 Å². The summed E-state index contributed by atoms with van der Waals surface area (Å²) in [5, 5.41) is 2.91. The fraction of sp³-hybridized carbons (Fsp3) is 0.667. The Morgan fingerprint density at radius 2 is 1.68 bits per heavy atom. The van der Waals surface area contributed by atoms with E-state index in [1.807, 2.05) is 12.1 Å². The topological polar surface area (TPSA) is 49.4 Å². The lowest BCUT2D eigenvalue weighted by atomic mass is 9.82. The molecule has 1 saturated carbocycles. The Morgan fingerprint density at radius 1 is 0.964 bits per heavy atom. The number of nitrogens with one attached hydrogen (secondary N) is 1. The number of likely N-dealkylation sites (tertiary alicyclic amines) is 1. The molecular formula is C24H34N2O2. The van der Waals surface area contributed by atoms with Crippen molar-refractivity contribution in [1.82, 2.24) is 4.90 Å². The lowest BCUT2D eigenvalue weighted by Gasteiger charge is -2.33. The van der Waals surface area contributed by atoms with Crippen molar-refractivity contribution in [2.45, 2.75) is 77.0 Å². The van der Waals surface area contributed by atoms with Gasteiger partial charge in [0.25, 0.3) is 0 Å². The Bertz CT molecular complexity index is 701. The quantitative estimate of drug-likeness (QED) is 0.801. The molecule has 1 aliphatic carbocycles. The van der Waals surface area contributed by atoms with E-state index >= 15 is 0 Å². The van der Waals surface area contributed by atoms with Crippen LogP contribution in [-0.2, 0) is 22.4 Å². The SMILES string of the molecule is O=C1CCc2cc(CC(=O)N3CCC(CCC4CCCCC4)CC3)ccc2N1. The van der Waals surface area contributed by atoms with E-state index in [0.717, 1.165) is 48.2 Å². The summed E-state index contributed by atoms with van der Waals surface area (Å²) < 4.78 is 0. The summed E-state index contributed by atoms with van der Waals surface area (Å²) >= 11 is 0. The summed E-state index contributed by atoms with van der Waals surface area (Å²) in [6, 6.07) is 6.04. The second-order valence-electron chi connectivity index (χ2n) is 9.12. The number of piperidine rings is 1. The van der Waals surface area contributed by atoms with Crippen LogP contribution in [-0.4, -0.2) is 29.8 Å². The number of anilines is 1. The van der Waals surface area contributed by atoms with Crippen molar-refractivity contribution in [3.8, 4) is 0 Å². The molecule has 2 heterocycles. The normalized spacial score (nSPS) is 21.3. The molecule has 4 nitrogen and oxygen atoms in total. The molecule has 152 valence electrons. The zero-order valence-electron chi connectivity index (χ0n) is 17.0. The zero-order chi connectivity index (χ0) is 19.3. The Hall–Kier alpha value is -1.84. The van der Waals surface area contributed by atoms with E-state index in [9.17, 15) is 9.59 Å². The monoisotopic (exact) mass is 382 g/mol. The number of aryl methyl sites for hydroxylation is 1. The Balaban J connectivity index is 1.22. The van der Waals surface area contributed by atoms with Crippen LogP contribution in [0.3, 0.4) is 0 Å². The van der Waals surface area contributed by atoms with Crippen molar-refractivity contribution in [1.29, 1.82) is 0 Å². The number of amides is 2. The number of hydrogen-bond acceptors (Lipinski definition) is 2. The van der Waals surface area contributed by atoms with Crippen LogP contribution < -0.4 is 5.32 Å².